The van der Waals surface area contributed by atoms with Crippen molar-refractivity contribution < 1.29 is 17.4 Å². The van der Waals surface area contributed by atoms with Crippen LogP contribution >= 0.6 is 0 Å². The first-order valence-corrected chi connectivity index (χ1v) is 8.39. The second-order valence-electron chi connectivity index (χ2n) is 5.21. The quantitative estimate of drug-likeness (QED) is 0.811. The predicted molar refractivity (Wildman–Crippen MR) is 83.2 cm³/mol. The third kappa shape index (κ3) is 2.96. The van der Waals surface area contributed by atoms with Gasteiger partial charge in [-0.2, -0.15) is 8.42 Å². The normalized spacial score (nSPS) is 14.0. The second-order valence-corrected chi connectivity index (χ2v) is 6.75. The minimum absolute atomic E-state index is 0.218. The lowest BCUT2D eigenvalue weighted by molar-refractivity contribution is -0.117. The Labute approximate surface area is 129 Å². The van der Waals surface area contributed by atoms with Crippen LogP contribution in [-0.4, -0.2) is 20.2 Å². The third-order valence-corrected chi connectivity index (χ3v) is 4.48. The molecule has 0 N–H and O–H groups in total. The number of hydrogen-bond acceptors (Lipinski definition) is 4. The Morgan fingerprint density at radius 3 is 2.50 bits per heavy atom. The zero-order valence-electron chi connectivity index (χ0n) is 12.0. The van der Waals surface area contributed by atoms with E-state index in [1.54, 1.807) is 36.4 Å². The highest BCUT2D eigenvalue weighted by molar-refractivity contribution is 7.87. The van der Waals surface area contributed by atoms with Crippen LogP contribution in [0.25, 0.3) is 0 Å². The summed E-state index contributed by atoms with van der Waals surface area (Å²) >= 11 is 0. The molecule has 0 aliphatic carbocycles. The number of carbonyl (C=O) groups excluding carboxylic acids is 1. The van der Waals surface area contributed by atoms with E-state index in [1.165, 1.54) is 4.90 Å². The monoisotopic (exact) mass is 317 g/mol. The first-order chi connectivity index (χ1) is 10.4. The van der Waals surface area contributed by atoms with Crippen molar-refractivity contribution in [3.05, 3.63) is 59.7 Å². The lowest BCUT2D eigenvalue weighted by Crippen LogP contribution is -2.34. The van der Waals surface area contributed by atoms with Crippen molar-refractivity contribution in [1.29, 1.82) is 0 Å². The van der Waals surface area contributed by atoms with E-state index < -0.39 is 16.0 Å². The minimum Gasteiger partial charge on any atom is -0.381 e. The molecule has 0 aromatic heterocycles. The van der Waals surface area contributed by atoms with Gasteiger partial charge in [0, 0.05) is 5.69 Å². The largest absolute Gasteiger partial charge is 0.381 e. The molecule has 1 aliphatic rings. The Balaban J connectivity index is 1.80. The molecular weight excluding hydrogens is 302 g/mol. The molecule has 5 nitrogen and oxygen atoms in total. The van der Waals surface area contributed by atoms with E-state index in [9.17, 15) is 13.2 Å². The fraction of sp³-hybridized carbons (Fsp3) is 0.188. The molecule has 1 heterocycles. The van der Waals surface area contributed by atoms with Crippen LogP contribution in [0.5, 0.6) is 5.75 Å². The van der Waals surface area contributed by atoms with Crippen LogP contribution in [0.4, 0.5) is 5.69 Å². The molecule has 0 atom stereocenters. The molecule has 2 aromatic rings. The Hall–Kier alpha value is -2.34. The second kappa shape index (κ2) is 5.46. The Kier molecular flexibility index (Phi) is 3.62. The van der Waals surface area contributed by atoms with Crippen LogP contribution in [0.1, 0.15) is 11.1 Å². The SMILES string of the molecule is Cc1ccc(OS(=O)(=O)CN2C(=O)Cc3ccccc32)cc1. The van der Waals surface area contributed by atoms with E-state index in [-0.39, 0.29) is 18.1 Å². The van der Waals surface area contributed by atoms with Crippen molar-refractivity contribution in [2.45, 2.75) is 13.3 Å². The molecule has 0 saturated heterocycles. The molecule has 22 heavy (non-hydrogen) atoms. The number of anilines is 1. The summed E-state index contributed by atoms with van der Waals surface area (Å²) < 4.78 is 29.4. The highest BCUT2D eigenvalue weighted by Crippen LogP contribution is 2.29. The Bertz CT molecular complexity index is 812. The molecule has 0 fully saturated rings. The average Bonchev–Trinajstić information content (AvgIpc) is 2.77. The number of benzene rings is 2. The number of nitrogens with zero attached hydrogens (tertiary/aromatic N) is 1. The number of carbonyl (C=O) groups is 1. The van der Waals surface area contributed by atoms with E-state index in [0.29, 0.717) is 5.69 Å². The van der Waals surface area contributed by atoms with Crippen LogP contribution in [-0.2, 0) is 21.3 Å². The van der Waals surface area contributed by atoms with Gasteiger partial charge in [-0.3, -0.25) is 9.69 Å². The van der Waals surface area contributed by atoms with Crippen molar-refractivity contribution in [1.82, 2.24) is 0 Å². The molecule has 1 amide bonds. The van der Waals surface area contributed by atoms with Gasteiger partial charge < -0.3 is 4.18 Å². The van der Waals surface area contributed by atoms with Crippen LogP contribution in [0.3, 0.4) is 0 Å². The summed E-state index contributed by atoms with van der Waals surface area (Å²) in [6, 6.07) is 13.9. The van der Waals surface area contributed by atoms with Gasteiger partial charge in [0.15, 0.2) is 5.88 Å². The first kappa shape index (κ1) is 14.6. The van der Waals surface area contributed by atoms with Gasteiger partial charge in [0.05, 0.1) is 6.42 Å². The summed E-state index contributed by atoms with van der Waals surface area (Å²) in [6.07, 6.45) is 0.218. The molecule has 6 heteroatoms. The summed E-state index contributed by atoms with van der Waals surface area (Å²) in [5, 5.41) is 0. The number of para-hydroxylation sites is 1. The van der Waals surface area contributed by atoms with Gasteiger partial charge in [-0.25, -0.2) is 0 Å². The summed E-state index contributed by atoms with van der Waals surface area (Å²) in [5.41, 5.74) is 2.47. The highest BCUT2D eigenvalue weighted by Gasteiger charge is 2.31. The van der Waals surface area contributed by atoms with E-state index in [0.717, 1.165) is 11.1 Å². The average molecular weight is 317 g/mol. The third-order valence-electron chi connectivity index (χ3n) is 3.46. The summed E-state index contributed by atoms with van der Waals surface area (Å²) in [4.78, 5) is 13.3. The zero-order valence-corrected chi connectivity index (χ0v) is 12.8. The number of fused-ring (bicyclic) bond motifs is 1. The number of hydrogen-bond donors (Lipinski definition) is 0. The number of aryl methyl sites for hydroxylation is 1. The maximum atomic E-state index is 12.2. The van der Waals surface area contributed by atoms with Gasteiger partial charge in [-0.05, 0) is 30.7 Å². The molecule has 2 aromatic carbocycles. The molecule has 0 unspecified atom stereocenters. The van der Waals surface area contributed by atoms with Gasteiger partial charge in [0.2, 0.25) is 5.91 Å². The first-order valence-electron chi connectivity index (χ1n) is 6.82. The van der Waals surface area contributed by atoms with Crippen molar-refractivity contribution >= 4 is 21.7 Å². The van der Waals surface area contributed by atoms with Crippen molar-refractivity contribution in [2.24, 2.45) is 0 Å². The van der Waals surface area contributed by atoms with Crippen molar-refractivity contribution in [3.63, 3.8) is 0 Å². The Morgan fingerprint density at radius 2 is 1.77 bits per heavy atom. The fourth-order valence-electron chi connectivity index (χ4n) is 2.38. The van der Waals surface area contributed by atoms with E-state index in [2.05, 4.69) is 0 Å². The maximum Gasteiger partial charge on any atom is 0.328 e. The standard InChI is InChI=1S/C16H15NO4S/c1-12-6-8-14(9-7-12)21-22(19,20)11-17-15-5-3-2-4-13(15)10-16(17)18/h2-9H,10-11H2,1H3. The molecule has 1 aliphatic heterocycles. The number of amides is 1. The van der Waals surface area contributed by atoms with Gasteiger partial charge in [-0.15, -0.1) is 0 Å². The van der Waals surface area contributed by atoms with Gasteiger partial charge in [0.1, 0.15) is 5.75 Å². The summed E-state index contributed by atoms with van der Waals surface area (Å²) in [6.45, 7) is 1.90. The summed E-state index contributed by atoms with van der Waals surface area (Å²) in [5.74, 6) is -0.487. The van der Waals surface area contributed by atoms with Crippen molar-refractivity contribution in [3.8, 4) is 5.75 Å². The lowest BCUT2D eigenvalue weighted by atomic mass is 10.2. The molecule has 0 bridgehead atoms. The highest BCUT2D eigenvalue weighted by atomic mass is 32.2. The molecule has 3 rings (SSSR count). The van der Waals surface area contributed by atoms with Crippen LogP contribution in [0, 0.1) is 6.92 Å². The maximum absolute atomic E-state index is 12.2. The minimum atomic E-state index is -3.90. The van der Waals surface area contributed by atoms with Crippen LogP contribution in [0.2, 0.25) is 0 Å². The molecule has 114 valence electrons. The molecule has 0 saturated carbocycles. The number of rotatable bonds is 4. The smallest absolute Gasteiger partial charge is 0.328 e. The van der Waals surface area contributed by atoms with Crippen molar-refractivity contribution in [2.75, 3.05) is 10.8 Å². The van der Waals surface area contributed by atoms with Crippen LogP contribution < -0.4 is 9.08 Å². The van der Waals surface area contributed by atoms with E-state index in [1.807, 2.05) is 19.1 Å². The predicted octanol–water partition coefficient (Wildman–Crippen LogP) is 2.25. The fourth-order valence-corrected chi connectivity index (χ4v) is 3.44. The molecule has 0 spiro atoms. The zero-order chi connectivity index (χ0) is 15.7. The van der Waals surface area contributed by atoms with Gasteiger partial charge >= 0.3 is 10.1 Å². The summed E-state index contributed by atoms with van der Waals surface area (Å²) in [7, 11) is -3.90. The van der Waals surface area contributed by atoms with Gasteiger partial charge in [-0.1, -0.05) is 35.9 Å². The molecular formula is C16H15NO4S. The van der Waals surface area contributed by atoms with E-state index >= 15 is 0 Å². The Morgan fingerprint density at radius 1 is 1.09 bits per heavy atom. The lowest BCUT2D eigenvalue weighted by Gasteiger charge is -2.17. The van der Waals surface area contributed by atoms with E-state index in [4.69, 9.17) is 4.18 Å². The molecule has 0 radical (unpaired) electrons. The topological polar surface area (TPSA) is 63.7 Å². The van der Waals surface area contributed by atoms with Crippen LogP contribution in [0.15, 0.2) is 48.5 Å². The van der Waals surface area contributed by atoms with Gasteiger partial charge in [0.25, 0.3) is 0 Å².